The van der Waals surface area contributed by atoms with Crippen LogP contribution in [0.15, 0.2) is 0 Å². The molecule has 0 radical (unpaired) electrons. The number of halogens is 1. The zero-order valence-electron chi connectivity index (χ0n) is 4.68. The second-order valence-corrected chi connectivity index (χ2v) is 2.41. The molecule has 0 saturated heterocycles. The first kappa shape index (κ1) is 5.98. The highest BCUT2D eigenvalue weighted by molar-refractivity contribution is 4.87. The maximum Gasteiger partial charge on any atom is 0.117 e. The van der Waals surface area contributed by atoms with Gasteiger partial charge in [-0.15, -0.1) is 0 Å². The monoisotopic (exact) mass is 118 g/mol. The van der Waals surface area contributed by atoms with Gasteiger partial charge >= 0.3 is 0 Å². The zero-order chi connectivity index (χ0) is 6.15. The Morgan fingerprint density at radius 1 is 1.25 bits per heavy atom. The highest BCUT2D eigenvalue weighted by atomic mass is 19.1. The van der Waals surface area contributed by atoms with Crippen molar-refractivity contribution in [2.24, 2.45) is 11.5 Å². The van der Waals surface area contributed by atoms with E-state index in [1.165, 1.54) is 0 Å². The van der Waals surface area contributed by atoms with E-state index >= 15 is 0 Å². The Bertz CT molecular complexity index is 76.5. The zero-order valence-corrected chi connectivity index (χ0v) is 4.68. The molecule has 0 amide bonds. The minimum absolute atomic E-state index is 0.000000000000000444. The molecule has 0 aromatic rings. The van der Waals surface area contributed by atoms with Gasteiger partial charge in [-0.25, -0.2) is 4.39 Å². The third-order valence-electron chi connectivity index (χ3n) is 1.57. The summed E-state index contributed by atoms with van der Waals surface area (Å²) in [6.45, 7) is 0. The number of alkyl halides is 1. The maximum absolute atomic E-state index is 12.4. The van der Waals surface area contributed by atoms with Crippen molar-refractivity contribution in [2.45, 2.75) is 31.1 Å². The van der Waals surface area contributed by atoms with Crippen molar-refractivity contribution in [1.82, 2.24) is 0 Å². The maximum atomic E-state index is 12.4. The van der Waals surface area contributed by atoms with Crippen molar-refractivity contribution in [3.8, 4) is 0 Å². The molecule has 0 aliphatic heterocycles. The average molecular weight is 118 g/mol. The Labute approximate surface area is 48.0 Å². The van der Waals surface area contributed by atoms with E-state index in [1.54, 1.807) is 0 Å². The molecule has 1 fully saturated rings. The Morgan fingerprint density at radius 3 is 2.00 bits per heavy atom. The van der Waals surface area contributed by atoms with Gasteiger partial charge in [-0.2, -0.15) is 0 Å². The van der Waals surface area contributed by atoms with Crippen molar-refractivity contribution >= 4 is 0 Å². The van der Waals surface area contributed by atoms with E-state index in [0.29, 0.717) is 12.8 Å². The summed E-state index contributed by atoms with van der Waals surface area (Å²) in [4.78, 5) is 0. The summed E-state index contributed by atoms with van der Waals surface area (Å²) in [6, 6.07) is -0.301. The first-order chi connectivity index (χ1) is 3.70. The molecule has 0 bridgehead atoms. The molecule has 1 saturated carbocycles. The summed E-state index contributed by atoms with van der Waals surface area (Å²) in [5, 5.41) is 0. The molecule has 2 nitrogen and oxygen atoms in total. The summed E-state index contributed by atoms with van der Waals surface area (Å²) in [7, 11) is 0. The first-order valence-corrected chi connectivity index (χ1v) is 2.85. The van der Waals surface area contributed by atoms with Crippen molar-refractivity contribution < 1.29 is 4.39 Å². The largest absolute Gasteiger partial charge is 0.328 e. The van der Waals surface area contributed by atoms with Crippen LogP contribution in [-0.4, -0.2) is 18.3 Å². The van der Waals surface area contributed by atoms with E-state index in [9.17, 15) is 4.39 Å². The molecule has 3 atom stereocenters. The highest BCUT2D eigenvalue weighted by Gasteiger charge is 2.28. The van der Waals surface area contributed by atoms with Crippen LogP contribution in [0.2, 0.25) is 0 Å². The summed E-state index contributed by atoms with van der Waals surface area (Å²) in [5.74, 6) is 0. The molecule has 1 rings (SSSR count). The van der Waals surface area contributed by atoms with Gasteiger partial charge in [-0.05, 0) is 12.8 Å². The Kier molecular flexibility index (Phi) is 1.49. The molecular weight excluding hydrogens is 107 g/mol. The smallest absolute Gasteiger partial charge is 0.117 e. The van der Waals surface area contributed by atoms with Gasteiger partial charge in [0.1, 0.15) is 6.17 Å². The Morgan fingerprint density at radius 2 is 1.88 bits per heavy atom. The molecule has 1 aliphatic carbocycles. The van der Waals surface area contributed by atoms with Gasteiger partial charge in [0.15, 0.2) is 0 Å². The minimum atomic E-state index is -0.856. The molecule has 4 N–H and O–H groups in total. The lowest BCUT2D eigenvalue weighted by molar-refractivity contribution is 0.311. The van der Waals surface area contributed by atoms with Gasteiger partial charge in [0, 0.05) is 12.1 Å². The minimum Gasteiger partial charge on any atom is -0.328 e. The second-order valence-electron chi connectivity index (χ2n) is 2.41. The van der Waals surface area contributed by atoms with Gasteiger partial charge in [-0.1, -0.05) is 0 Å². The molecule has 0 unspecified atom stereocenters. The number of nitrogens with two attached hydrogens (primary N) is 2. The predicted molar refractivity (Wildman–Crippen MR) is 30.1 cm³/mol. The highest BCUT2D eigenvalue weighted by Crippen LogP contribution is 2.18. The van der Waals surface area contributed by atoms with E-state index in [2.05, 4.69) is 0 Å². The summed E-state index contributed by atoms with van der Waals surface area (Å²) < 4.78 is 12.4. The van der Waals surface area contributed by atoms with Crippen LogP contribution in [0.1, 0.15) is 12.8 Å². The van der Waals surface area contributed by atoms with Crippen molar-refractivity contribution in [3.63, 3.8) is 0 Å². The van der Waals surface area contributed by atoms with Crippen molar-refractivity contribution in [2.75, 3.05) is 0 Å². The second kappa shape index (κ2) is 1.99. The summed E-state index contributed by atoms with van der Waals surface area (Å²) in [5.41, 5.74) is 10.7. The standard InChI is InChI=1S/C5H11FN2/c6-4-1-3(7)2-5(4)8/h3-5H,1-2,7-8H2/t3-,4-,5-/m1/s1. The third-order valence-corrected chi connectivity index (χ3v) is 1.57. The van der Waals surface area contributed by atoms with Gasteiger partial charge in [0.2, 0.25) is 0 Å². The van der Waals surface area contributed by atoms with Gasteiger partial charge in [0.25, 0.3) is 0 Å². The van der Waals surface area contributed by atoms with Crippen LogP contribution < -0.4 is 11.5 Å². The van der Waals surface area contributed by atoms with Gasteiger partial charge in [-0.3, -0.25) is 0 Å². The topological polar surface area (TPSA) is 52.0 Å². The van der Waals surface area contributed by atoms with Crippen LogP contribution in [0.5, 0.6) is 0 Å². The van der Waals surface area contributed by atoms with Gasteiger partial charge < -0.3 is 11.5 Å². The fourth-order valence-corrected chi connectivity index (χ4v) is 1.06. The van der Waals surface area contributed by atoms with E-state index in [4.69, 9.17) is 11.5 Å². The van der Waals surface area contributed by atoms with E-state index in [-0.39, 0.29) is 12.1 Å². The number of rotatable bonds is 0. The molecule has 8 heavy (non-hydrogen) atoms. The molecule has 0 aromatic carbocycles. The van der Waals surface area contributed by atoms with Gasteiger partial charge in [0.05, 0.1) is 0 Å². The quantitative estimate of drug-likeness (QED) is 0.461. The fourth-order valence-electron chi connectivity index (χ4n) is 1.06. The SMILES string of the molecule is N[C@H]1C[C@@H](N)[C@H](F)C1. The van der Waals surface area contributed by atoms with E-state index in [0.717, 1.165) is 0 Å². The average Bonchev–Trinajstić information content (AvgIpc) is 1.85. The normalized spacial score (nSPS) is 47.6. The number of hydrogen-bond acceptors (Lipinski definition) is 2. The van der Waals surface area contributed by atoms with E-state index < -0.39 is 6.17 Å². The lowest BCUT2D eigenvalue weighted by Crippen LogP contribution is -2.25. The third kappa shape index (κ3) is 0.980. The molecule has 3 heteroatoms. The van der Waals surface area contributed by atoms with Crippen LogP contribution in [-0.2, 0) is 0 Å². The molecular formula is C5H11FN2. The molecule has 0 spiro atoms. The summed E-state index contributed by atoms with van der Waals surface area (Å²) in [6.07, 6.45) is 0.229. The lowest BCUT2D eigenvalue weighted by atomic mass is 10.2. The van der Waals surface area contributed by atoms with E-state index in [1.807, 2.05) is 0 Å². The number of hydrogen-bond donors (Lipinski definition) is 2. The van der Waals surface area contributed by atoms with Crippen LogP contribution >= 0.6 is 0 Å². The molecule has 0 aromatic heterocycles. The van der Waals surface area contributed by atoms with Crippen LogP contribution in [0, 0.1) is 0 Å². The fraction of sp³-hybridized carbons (Fsp3) is 1.00. The van der Waals surface area contributed by atoms with Crippen molar-refractivity contribution in [1.29, 1.82) is 0 Å². The summed E-state index contributed by atoms with van der Waals surface area (Å²) >= 11 is 0. The van der Waals surface area contributed by atoms with Crippen LogP contribution in [0.4, 0.5) is 4.39 Å². The molecule has 0 heterocycles. The van der Waals surface area contributed by atoms with Crippen LogP contribution in [0.3, 0.4) is 0 Å². The Balaban J connectivity index is 2.39. The molecule has 1 aliphatic rings. The first-order valence-electron chi connectivity index (χ1n) is 2.85. The predicted octanol–water partition coefficient (Wildman–Crippen LogP) is -0.227. The van der Waals surface area contributed by atoms with Crippen molar-refractivity contribution in [3.05, 3.63) is 0 Å². The Hall–Kier alpha value is -0.150. The van der Waals surface area contributed by atoms with Crippen LogP contribution in [0.25, 0.3) is 0 Å². The molecule has 48 valence electrons. The lowest BCUT2D eigenvalue weighted by Gasteiger charge is -2.01.